The van der Waals surface area contributed by atoms with E-state index < -0.39 is 5.60 Å². The molecule has 0 N–H and O–H groups in total. The molecule has 2 aromatic rings. The van der Waals surface area contributed by atoms with E-state index in [1.54, 1.807) is 0 Å². The molecule has 0 bridgehead atoms. The van der Waals surface area contributed by atoms with Crippen LogP contribution in [0.15, 0.2) is 66.0 Å². The fourth-order valence-electron chi connectivity index (χ4n) is 3.01. The van der Waals surface area contributed by atoms with E-state index in [9.17, 15) is 4.91 Å². The molecule has 0 radical (unpaired) electrons. The molecule has 3 heteroatoms. The Morgan fingerprint density at radius 2 is 1.43 bits per heavy atom. The van der Waals surface area contributed by atoms with Gasteiger partial charge in [0.15, 0.2) is 10.9 Å². The number of rotatable bonds is 9. The molecule has 0 aromatic heterocycles. The Labute approximate surface area is 138 Å². The summed E-state index contributed by atoms with van der Waals surface area (Å²) in [7, 11) is 0. The third-order valence-electron chi connectivity index (χ3n) is 4.23. The molecule has 0 unspecified atom stereocenters. The summed E-state index contributed by atoms with van der Waals surface area (Å²) in [5, 5.41) is 2.82. The zero-order valence-electron chi connectivity index (χ0n) is 13.9. The van der Waals surface area contributed by atoms with E-state index in [4.69, 9.17) is 4.84 Å². The van der Waals surface area contributed by atoms with Gasteiger partial charge in [-0.2, -0.15) is 0 Å². The van der Waals surface area contributed by atoms with Crippen molar-refractivity contribution >= 4 is 0 Å². The van der Waals surface area contributed by atoms with Crippen LogP contribution >= 0.6 is 0 Å². The molecular weight excluding hydrogens is 286 g/mol. The van der Waals surface area contributed by atoms with Crippen molar-refractivity contribution in [1.82, 2.24) is 0 Å². The Balaban J connectivity index is 2.33. The SMILES string of the molecule is CC(C)CCCCC(ON=O)(c1ccccc1)c1ccccc1. The van der Waals surface area contributed by atoms with Gasteiger partial charge in [-0.05, 0) is 18.8 Å². The van der Waals surface area contributed by atoms with Crippen LogP contribution in [0.25, 0.3) is 0 Å². The number of hydrogen-bond acceptors (Lipinski definition) is 3. The van der Waals surface area contributed by atoms with Crippen molar-refractivity contribution in [3.05, 3.63) is 76.7 Å². The van der Waals surface area contributed by atoms with E-state index in [-0.39, 0.29) is 0 Å². The minimum Gasteiger partial charge on any atom is -0.348 e. The van der Waals surface area contributed by atoms with Gasteiger partial charge >= 0.3 is 0 Å². The van der Waals surface area contributed by atoms with E-state index >= 15 is 0 Å². The minimum absolute atomic E-state index is 0.683. The number of benzene rings is 2. The van der Waals surface area contributed by atoms with Crippen LogP contribution in [-0.4, -0.2) is 0 Å². The zero-order valence-corrected chi connectivity index (χ0v) is 13.9. The predicted octanol–water partition coefficient (Wildman–Crippen LogP) is 5.84. The Morgan fingerprint density at radius 3 is 1.87 bits per heavy atom. The molecule has 0 amide bonds. The van der Waals surface area contributed by atoms with Gasteiger partial charge in [0.05, 0.1) is 0 Å². The molecule has 3 nitrogen and oxygen atoms in total. The summed E-state index contributed by atoms with van der Waals surface area (Å²) in [4.78, 5) is 16.5. The topological polar surface area (TPSA) is 38.7 Å². The molecule has 0 heterocycles. The zero-order chi connectivity index (χ0) is 16.5. The molecule has 23 heavy (non-hydrogen) atoms. The molecule has 0 saturated heterocycles. The molecule has 2 rings (SSSR count). The lowest BCUT2D eigenvalue weighted by Gasteiger charge is -2.31. The van der Waals surface area contributed by atoms with Crippen LogP contribution in [0.4, 0.5) is 0 Å². The molecule has 2 aromatic carbocycles. The maximum atomic E-state index is 11.0. The molecule has 0 aliphatic heterocycles. The van der Waals surface area contributed by atoms with Crippen LogP contribution < -0.4 is 0 Å². The van der Waals surface area contributed by atoms with Crippen LogP contribution in [-0.2, 0) is 10.4 Å². The van der Waals surface area contributed by atoms with Crippen LogP contribution in [0.1, 0.15) is 50.7 Å². The van der Waals surface area contributed by atoms with Gasteiger partial charge in [0, 0.05) is 11.1 Å². The van der Waals surface area contributed by atoms with E-state index in [2.05, 4.69) is 19.2 Å². The lowest BCUT2D eigenvalue weighted by Crippen LogP contribution is -2.29. The molecular formula is C20H25NO2. The van der Waals surface area contributed by atoms with Crippen molar-refractivity contribution in [3.8, 4) is 0 Å². The summed E-state index contributed by atoms with van der Waals surface area (Å²) >= 11 is 0. The van der Waals surface area contributed by atoms with Crippen molar-refractivity contribution in [1.29, 1.82) is 0 Å². The van der Waals surface area contributed by atoms with Crippen LogP contribution in [0.5, 0.6) is 0 Å². The van der Waals surface area contributed by atoms with Gasteiger partial charge in [-0.15, -0.1) is 4.91 Å². The molecule has 0 atom stereocenters. The van der Waals surface area contributed by atoms with Gasteiger partial charge in [-0.1, -0.05) is 87.4 Å². The van der Waals surface area contributed by atoms with Gasteiger partial charge in [0.2, 0.25) is 0 Å². The van der Waals surface area contributed by atoms with E-state index in [1.165, 1.54) is 6.42 Å². The normalized spacial score (nSPS) is 11.4. The lowest BCUT2D eigenvalue weighted by molar-refractivity contribution is -0.0269. The van der Waals surface area contributed by atoms with Crippen molar-refractivity contribution in [2.75, 3.05) is 0 Å². The second kappa shape index (κ2) is 8.47. The summed E-state index contributed by atoms with van der Waals surface area (Å²) in [6, 6.07) is 19.8. The summed E-state index contributed by atoms with van der Waals surface area (Å²) in [6.45, 7) is 4.45. The smallest absolute Gasteiger partial charge is 0.191 e. The molecule has 0 fully saturated rings. The second-order valence-corrected chi connectivity index (χ2v) is 6.36. The monoisotopic (exact) mass is 311 g/mol. The fourth-order valence-corrected chi connectivity index (χ4v) is 3.01. The number of hydrogen-bond donors (Lipinski definition) is 0. The molecule has 0 aliphatic carbocycles. The predicted molar refractivity (Wildman–Crippen MR) is 93.9 cm³/mol. The Morgan fingerprint density at radius 1 is 0.913 bits per heavy atom. The standard InChI is InChI=1S/C20H25NO2/c1-17(2)11-9-10-16-20(23-21-22,18-12-5-3-6-13-18)19-14-7-4-8-15-19/h3-8,12-15,17H,9-11,16H2,1-2H3. The first-order valence-corrected chi connectivity index (χ1v) is 8.31. The summed E-state index contributed by atoms with van der Waals surface area (Å²) in [5.74, 6) is 0.683. The van der Waals surface area contributed by atoms with E-state index in [0.29, 0.717) is 5.92 Å². The first kappa shape index (κ1) is 17.2. The van der Waals surface area contributed by atoms with Crippen LogP contribution in [0.3, 0.4) is 0 Å². The first-order valence-electron chi connectivity index (χ1n) is 8.31. The highest BCUT2D eigenvalue weighted by Crippen LogP contribution is 2.39. The maximum absolute atomic E-state index is 11.0. The Hall–Kier alpha value is -2.16. The van der Waals surface area contributed by atoms with E-state index in [0.717, 1.165) is 30.4 Å². The second-order valence-electron chi connectivity index (χ2n) is 6.36. The highest BCUT2D eigenvalue weighted by atomic mass is 16.7. The fraction of sp³-hybridized carbons (Fsp3) is 0.400. The van der Waals surface area contributed by atoms with Crippen LogP contribution in [0.2, 0.25) is 0 Å². The lowest BCUT2D eigenvalue weighted by atomic mass is 9.81. The Bertz CT molecular complexity index is 542. The molecule has 0 spiro atoms. The average Bonchev–Trinajstić information content (AvgIpc) is 2.59. The maximum Gasteiger partial charge on any atom is 0.191 e. The quantitative estimate of drug-likeness (QED) is 0.331. The van der Waals surface area contributed by atoms with Crippen LogP contribution in [0, 0.1) is 10.8 Å². The summed E-state index contributed by atoms with van der Waals surface area (Å²) in [6.07, 6.45) is 4.01. The van der Waals surface area contributed by atoms with E-state index in [1.807, 2.05) is 60.7 Å². The summed E-state index contributed by atoms with van der Waals surface area (Å²) < 4.78 is 0. The largest absolute Gasteiger partial charge is 0.348 e. The van der Waals surface area contributed by atoms with Crippen molar-refractivity contribution in [2.24, 2.45) is 11.3 Å². The van der Waals surface area contributed by atoms with Gasteiger partial charge < -0.3 is 4.84 Å². The van der Waals surface area contributed by atoms with Crippen molar-refractivity contribution < 1.29 is 4.84 Å². The third kappa shape index (κ3) is 4.41. The Kier molecular flexibility index (Phi) is 6.33. The molecule has 122 valence electrons. The van der Waals surface area contributed by atoms with Gasteiger partial charge in [-0.25, -0.2) is 0 Å². The van der Waals surface area contributed by atoms with Crippen molar-refractivity contribution in [3.63, 3.8) is 0 Å². The average molecular weight is 311 g/mol. The van der Waals surface area contributed by atoms with Crippen molar-refractivity contribution in [2.45, 2.75) is 45.1 Å². The van der Waals surface area contributed by atoms with Gasteiger partial charge in [-0.3, -0.25) is 0 Å². The number of unbranched alkanes of at least 4 members (excludes halogenated alkanes) is 1. The molecule has 0 saturated carbocycles. The number of nitrogens with zero attached hydrogens (tertiary/aromatic N) is 1. The molecule has 0 aliphatic rings. The summed E-state index contributed by atoms with van der Waals surface area (Å²) in [5.41, 5.74) is 1.13. The highest BCUT2D eigenvalue weighted by molar-refractivity contribution is 5.36. The minimum atomic E-state index is -0.804. The van der Waals surface area contributed by atoms with Gasteiger partial charge in [0.1, 0.15) is 0 Å². The first-order chi connectivity index (χ1) is 11.2. The highest BCUT2D eigenvalue weighted by Gasteiger charge is 2.37. The third-order valence-corrected chi connectivity index (χ3v) is 4.23. The van der Waals surface area contributed by atoms with Gasteiger partial charge in [0.25, 0.3) is 0 Å².